The molecule has 1 aliphatic heterocycles. The zero-order valence-corrected chi connectivity index (χ0v) is 12.2. The van der Waals surface area contributed by atoms with Crippen molar-refractivity contribution in [2.24, 2.45) is 5.92 Å². The maximum Gasteiger partial charge on any atom is 0.434 e. The first-order chi connectivity index (χ1) is 10.9. The number of halogens is 3. The molecule has 0 bridgehead atoms. The Kier molecular flexibility index (Phi) is 4.43. The Labute approximate surface area is 130 Å². The van der Waals surface area contributed by atoms with Gasteiger partial charge < -0.3 is 20.3 Å². The molecule has 2 fully saturated rings. The number of nitrogens with one attached hydrogen (secondary N) is 1. The number of hydrogen-bond donors (Lipinski definition) is 3. The maximum atomic E-state index is 12.5. The summed E-state index contributed by atoms with van der Waals surface area (Å²) in [6, 6.07) is -0.643. The number of ether oxygens (including phenoxy) is 1. The van der Waals surface area contributed by atoms with Crippen LogP contribution in [0.4, 0.5) is 19.0 Å². The summed E-state index contributed by atoms with van der Waals surface area (Å²) >= 11 is 0. The van der Waals surface area contributed by atoms with E-state index in [2.05, 4.69) is 15.3 Å². The van der Waals surface area contributed by atoms with E-state index in [1.165, 1.54) is 0 Å². The Bertz CT molecular complexity index is 536. The lowest BCUT2D eigenvalue weighted by Crippen LogP contribution is -2.59. The SMILES string of the molecule is OC1COC(C2CCC2)C(Nc2cnc(C(F)(F)F)cn2)C1O. The standard InChI is InChI=1S/C14H18F3N3O3/c15-14(16,17)9-4-19-10(5-18-9)20-11-12(22)8(21)6-23-13(11)7-2-1-3-7/h4-5,7-8,11-13,21-22H,1-3,6H2,(H,19,20). The lowest BCUT2D eigenvalue weighted by molar-refractivity contribution is -0.151. The number of nitrogens with zero attached hydrogens (tertiary/aromatic N) is 2. The number of aliphatic hydroxyl groups is 2. The largest absolute Gasteiger partial charge is 0.434 e. The van der Waals surface area contributed by atoms with E-state index >= 15 is 0 Å². The van der Waals surface area contributed by atoms with Gasteiger partial charge in [0.2, 0.25) is 0 Å². The molecule has 6 nitrogen and oxygen atoms in total. The van der Waals surface area contributed by atoms with Crippen LogP contribution in [0.25, 0.3) is 0 Å². The van der Waals surface area contributed by atoms with Crippen LogP contribution in [0.3, 0.4) is 0 Å². The van der Waals surface area contributed by atoms with Crippen LogP contribution < -0.4 is 5.32 Å². The summed E-state index contributed by atoms with van der Waals surface area (Å²) in [6.07, 6.45) is -2.40. The van der Waals surface area contributed by atoms with Crippen LogP contribution in [-0.2, 0) is 10.9 Å². The molecule has 3 rings (SSSR count). The molecule has 4 atom stereocenters. The summed E-state index contributed by atoms with van der Waals surface area (Å²) in [6.45, 7) is 0.0409. The predicted octanol–water partition coefficient (Wildman–Crippen LogP) is 1.20. The van der Waals surface area contributed by atoms with Crippen molar-refractivity contribution in [2.45, 2.75) is 49.8 Å². The van der Waals surface area contributed by atoms with Gasteiger partial charge in [-0.3, -0.25) is 0 Å². The third kappa shape index (κ3) is 3.41. The molecule has 1 aromatic heterocycles. The van der Waals surface area contributed by atoms with Crippen molar-refractivity contribution in [3.05, 3.63) is 18.1 Å². The average Bonchev–Trinajstić information content (AvgIpc) is 2.44. The van der Waals surface area contributed by atoms with Gasteiger partial charge in [-0.05, 0) is 18.8 Å². The first-order valence-corrected chi connectivity index (χ1v) is 7.50. The number of rotatable bonds is 3. The van der Waals surface area contributed by atoms with Gasteiger partial charge in [0.05, 0.1) is 31.1 Å². The molecule has 1 aromatic rings. The Morgan fingerprint density at radius 2 is 1.91 bits per heavy atom. The van der Waals surface area contributed by atoms with Crippen LogP contribution in [-0.4, -0.2) is 51.1 Å². The second-order valence-corrected chi connectivity index (χ2v) is 6.00. The summed E-state index contributed by atoms with van der Waals surface area (Å²) in [7, 11) is 0. The van der Waals surface area contributed by atoms with Gasteiger partial charge >= 0.3 is 6.18 Å². The highest BCUT2D eigenvalue weighted by Gasteiger charge is 2.44. The number of hydrogen-bond acceptors (Lipinski definition) is 6. The van der Waals surface area contributed by atoms with Gasteiger partial charge in [0.25, 0.3) is 0 Å². The van der Waals surface area contributed by atoms with Crippen molar-refractivity contribution in [2.75, 3.05) is 11.9 Å². The zero-order valence-electron chi connectivity index (χ0n) is 12.2. The Morgan fingerprint density at radius 1 is 1.17 bits per heavy atom. The minimum atomic E-state index is -4.55. The lowest BCUT2D eigenvalue weighted by atomic mass is 9.76. The van der Waals surface area contributed by atoms with E-state index in [4.69, 9.17) is 4.74 Å². The van der Waals surface area contributed by atoms with Crippen LogP contribution >= 0.6 is 0 Å². The van der Waals surface area contributed by atoms with Crippen LogP contribution in [0.5, 0.6) is 0 Å². The molecule has 2 aliphatic rings. The highest BCUT2D eigenvalue weighted by atomic mass is 19.4. The van der Waals surface area contributed by atoms with Crippen molar-refractivity contribution in [3.63, 3.8) is 0 Å². The molecule has 0 spiro atoms. The minimum absolute atomic E-state index is 0.0409. The van der Waals surface area contributed by atoms with E-state index < -0.39 is 30.1 Å². The third-order valence-corrected chi connectivity index (χ3v) is 4.45. The zero-order chi connectivity index (χ0) is 16.6. The second-order valence-electron chi connectivity index (χ2n) is 6.00. The summed E-state index contributed by atoms with van der Waals surface area (Å²) in [5.74, 6) is 0.362. The highest BCUT2D eigenvalue weighted by molar-refractivity contribution is 5.34. The average molecular weight is 333 g/mol. The molecule has 23 heavy (non-hydrogen) atoms. The first kappa shape index (κ1) is 16.4. The number of alkyl halides is 3. The van der Waals surface area contributed by atoms with E-state index in [9.17, 15) is 23.4 Å². The molecule has 0 aromatic carbocycles. The topological polar surface area (TPSA) is 87.5 Å². The third-order valence-electron chi connectivity index (χ3n) is 4.45. The molecule has 9 heteroatoms. The molecule has 3 N–H and O–H groups in total. The van der Waals surface area contributed by atoms with Crippen molar-refractivity contribution < 1.29 is 28.1 Å². The predicted molar refractivity (Wildman–Crippen MR) is 73.5 cm³/mol. The van der Waals surface area contributed by atoms with Gasteiger partial charge in [0, 0.05) is 0 Å². The molecular formula is C14H18F3N3O3. The Morgan fingerprint density at radius 3 is 2.43 bits per heavy atom. The lowest BCUT2D eigenvalue weighted by Gasteiger charge is -2.45. The van der Waals surface area contributed by atoms with Gasteiger partial charge in [0.15, 0.2) is 5.69 Å². The van der Waals surface area contributed by atoms with Crippen LogP contribution in [0.2, 0.25) is 0 Å². The quantitative estimate of drug-likeness (QED) is 0.770. The van der Waals surface area contributed by atoms with Gasteiger partial charge in [0.1, 0.15) is 18.0 Å². The van der Waals surface area contributed by atoms with Gasteiger partial charge in [-0.1, -0.05) is 6.42 Å². The van der Waals surface area contributed by atoms with Crippen molar-refractivity contribution in [1.29, 1.82) is 0 Å². The molecule has 2 heterocycles. The van der Waals surface area contributed by atoms with Crippen LogP contribution in [0.15, 0.2) is 12.4 Å². The summed E-state index contributed by atoms with van der Waals surface area (Å²) in [4.78, 5) is 7.02. The summed E-state index contributed by atoms with van der Waals surface area (Å²) in [5, 5.41) is 22.8. The van der Waals surface area contributed by atoms with E-state index in [0.717, 1.165) is 25.5 Å². The molecule has 1 saturated carbocycles. The molecule has 0 amide bonds. The van der Waals surface area contributed by atoms with Gasteiger partial charge in [-0.15, -0.1) is 0 Å². The van der Waals surface area contributed by atoms with E-state index in [1.54, 1.807) is 0 Å². The highest BCUT2D eigenvalue weighted by Crippen LogP contribution is 2.36. The van der Waals surface area contributed by atoms with Gasteiger partial charge in [-0.25, -0.2) is 9.97 Å². The minimum Gasteiger partial charge on any atom is -0.388 e. The Balaban J connectivity index is 1.74. The molecular weight excluding hydrogens is 315 g/mol. The number of aromatic nitrogens is 2. The second kappa shape index (κ2) is 6.21. The number of anilines is 1. The summed E-state index contributed by atoms with van der Waals surface area (Å²) in [5.41, 5.74) is -1.08. The maximum absolute atomic E-state index is 12.5. The summed E-state index contributed by atoms with van der Waals surface area (Å²) < 4.78 is 43.1. The molecule has 1 aliphatic carbocycles. The molecule has 128 valence electrons. The fraction of sp³-hybridized carbons (Fsp3) is 0.714. The fourth-order valence-electron chi connectivity index (χ4n) is 2.93. The van der Waals surface area contributed by atoms with Gasteiger partial charge in [-0.2, -0.15) is 13.2 Å². The normalized spacial score (nSPS) is 32.4. The van der Waals surface area contributed by atoms with E-state index in [0.29, 0.717) is 6.20 Å². The van der Waals surface area contributed by atoms with Crippen molar-refractivity contribution in [3.8, 4) is 0 Å². The van der Waals surface area contributed by atoms with Crippen LogP contribution in [0.1, 0.15) is 25.0 Å². The molecule has 0 radical (unpaired) electrons. The van der Waals surface area contributed by atoms with E-state index in [-0.39, 0.29) is 24.4 Å². The Hall–Kier alpha value is -1.45. The van der Waals surface area contributed by atoms with Crippen molar-refractivity contribution in [1.82, 2.24) is 9.97 Å². The molecule has 1 saturated heterocycles. The monoisotopic (exact) mass is 333 g/mol. The molecule has 4 unspecified atom stereocenters. The van der Waals surface area contributed by atoms with Crippen LogP contribution in [0, 0.1) is 5.92 Å². The first-order valence-electron chi connectivity index (χ1n) is 7.50. The van der Waals surface area contributed by atoms with E-state index in [1.807, 2.05) is 0 Å². The number of aliphatic hydroxyl groups excluding tert-OH is 2. The fourth-order valence-corrected chi connectivity index (χ4v) is 2.93. The van der Waals surface area contributed by atoms with Crippen molar-refractivity contribution >= 4 is 5.82 Å². The smallest absolute Gasteiger partial charge is 0.388 e.